The molecular weight excluding hydrogens is 230 g/mol. The molecule has 0 fully saturated rings. The molecule has 2 aromatic heterocycles. The van der Waals surface area contributed by atoms with E-state index in [0.717, 1.165) is 5.69 Å². The minimum atomic E-state index is -0.602. The second-order valence-corrected chi connectivity index (χ2v) is 3.86. The van der Waals surface area contributed by atoms with Crippen molar-refractivity contribution in [2.45, 2.75) is 13.8 Å². The molecule has 0 radical (unpaired) electrons. The third-order valence-electron chi connectivity index (χ3n) is 2.51. The number of carbonyl (C=O) groups excluding carboxylic acids is 1. The van der Waals surface area contributed by atoms with Crippen LogP contribution in [0.25, 0.3) is 5.69 Å². The van der Waals surface area contributed by atoms with Gasteiger partial charge in [-0.15, -0.1) is 0 Å². The van der Waals surface area contributed by atoms with Crippen LogP contribution in [-0.2, 0) is 0 Å². The average Bonchev–Trinajstić information content (AvgIpc) is 2.77. The molecule has 2 rings (SSSR count). The summed E-state index contributed by atoms with van der Waals surface area (Å²) in [5.74, 6) is -0.602. The van der Waals surface area contributed by atoms with Gasteiger partial charge in [0.2, 0.25) is 0 Å². The van der Waals surface area contributed by atoms with Gasteiger partial charge in [0.25, 0.3) is 5.91 Å². The van der Waals surface area contributed by atoms with Gasteiger partial charge in [-0.05, 0) is 26.0 Å². The van der Waals surface area contributed by atoms with E-state index in [2.05, 4.69) is 16.2 Å². The molecule has 2 N–H and O–H groups in total. The van der Waals surface area contributed by atoms with Crippen molar-refractivity contribution >= 4 is 5.91 Å². The zero-order valence-electron chi connectivity index (χ0n) is 10.0. The number of hydrogen-bond acceptors (Lipinski definition) is 4. The number of nitriles is 1. The fourth-order valence-electron chi connectivity index (χ4n) is 1.72. The third kappa shape index (κ3) is 1.94. The maximum absolute atomic E-state index is 11.0. The topological polar surface area (TPSA) is 97.6 Å². The van der Waals surface area contributed by atoms with E-state index < -0.39 is 5.91 Å². The molecule has 2 heterocycles. The van der Waals surface area contributed by atoms with E-state index in [1.807, 2.05) is 6.92 Å². The predicted octanol–water partition coefficient (Wildman–Crippen LogP) is 0.855. The minimum absolute atomic E-state index is 0.158. The standard InChI is InChI=1S/C12H11N5O/c1-7-5-11(9(6-13)8(2)15-7)17-4-3-10(16-17)12(14)18/h3-5H,1-2H3,(H2,14,18). The number of pyridine rings is 1. The van der Waals surface area contributed by atoms with Crippen LogP contribution in [0.2, 0.25) is 0 Å². The molecule has 18 heavy (non-hydrogen) atoms. The van der Waals surface area contributed by atoms with Gasteiger partial charge in [-0.1, -0.05) is 0 Å². The second kappa shape index (κ2) is 4.30. The van der Waals surface area contributed by atoms with E-state index in [-0.39, 0.29) is 5.69 Å². The lowest BCUT2D eigenvalue weighted by Crippen LogP contribution is -2.12. The Labute approximate surface area is 104 Å². The van der Waals surface area contributed by atoms with Crippen LogP contribution in [0.5, 0.6) is 0 Å². The minimum Gasteiger partial charge on any atom is -0.364 e. The maximum atomic E-state index is 11.0. The lowest BCUT2D eigenvalue weighted by atomic mass is 10.1. The molecule has 6 heteroatoms. The summed E-state index contributed by atoms with van der Waals surface area (Å²) in [5.41, 5.74) is 7.73. The molecule has 0 saturated heterocycles. The van der Waals surface area contributed by atoms with Gasteiger partial charge >= 0.3 is 0 Å². The van der Waals surface area contributed by atoms with Gasteiger partial charge in [-0.25, -0.2) is 4.68 Å². The summed E-state index contributed by atoms with van der Waals surface area (Å²) >= 11 is 0. The highest BCUT2D eigenvalue weighted by atomic mass is 16.1. The van der Waals surface area contributed by atoms with Crippen molar-refractivity contribution in [3.63, 3.8) is 0 Å². The predicted molar refractivity (Wildman–Crippen MR) is 64.1 cm³/mol. The number of amides is 1. The maximum Gasteiger partial charge on any atom is 0.269 e. The second-order valence-electron chi connectivity index (χ2n) is 3.86. The van der Waals surface area contributed by atoms with Crippen LogP contribution < -0.4 is 5.73 Å². The number of nitrogens with zero attached hydrogens (tertiary/aromatic N) is 4. The Balaban J connectivity index is 2.63. The fraction of sp³-hybridized carbons (Fsp3) is 0.167. The molecule has 0 atom stereocenters. The molecular formula is C12H11N5O. The van der Waals surface area contributed by atoms with Crippen LogP contribution in [0.15, 0.2) is 18.3 Å². The highest BCUT2D eigenvalue weighted by molar-refractivity contribution is 5.90. The van der Waals surface area contributed by atoms with Crippen LogP contribution in [0.4, 0.5) is 0 Å². The number of aryl methyl sites for hydroxylation is 2. The van der Waals surface area contributed by atoms with E-state index in [0.29, 0.717) is 16.9 Å². The van der Waals surface area contributed by atoms with Crippen LogP contribution in [0.1, 0.15) is 27.4 Å². The summed E-state index contributed by atoms with van der Waals surface area (Å²) in [6.45, 7) is 3.59. The molecule has 0 unspecified atom stereocenters. The molecule has 0 aliphatic carbocycles. The van der Waals surface area contributed by atoms with E-state index in [4.69, 9.17) is 11.0 Å². The number of nitrogens with two attached hydrogens (primary N) is 1. The Bertz CT molecular complexity index is 666. The molecule has 0 aliphatic heterocycles. The van der Waals surface area contributed by atoms with Crippen LogP contribution in [-0.4, -0.2) is 20.7 Å². The van der Waals surface area contributed by atoms with Crippen molar-refractivity contribution in [3.05, 3.63) is 41.0 Å². The first kappa shape index (κ1) is 11.8. The highest BCUT2D eigenvalue weighted by Crippen LogP contribution is 2.17. The monoisotopic (exact) mass is 241 g/mol. The van der Waals surface area contributed by atoms with Gasteiger partial charge in [-0.2, -0.15) is 10.4 Å². The smallest absolute Gasteiger partial charge is 0.269 e. The number of hydrogen-bond donors (Lipinski definition) is 1. The van der Waals surface area contributed by atoms with E-state index in [1.165, 1.54) is 10.7 Å². The molecule has 2 aromatic rings. The van der Waals surface area contributed by atoms with Crippen LogP contribution in [0, 0.1) is 25.2 Å². The van der Waals surface area contributed by atoms with Crippen molar-refractivity contribution in [1.29, 1.82) is 5.26 Å². The fourth-order valence-corrected chi connectivity index (χ4v) is 1.72. The van der Waals surface area contributed by atoms with Crippen LogP contribution >= 0.6 is 0 Å². The molecule has 1 amide bonds. The first-order valence-corrected chi connectivity index (χ1v) is 5.27. The Morgan fingerprint density at radius 1 is 1.50 bits per heavy atom. The van der Waals surface area contributed by atoms with Crippen molar-refractivity contribution < 1.29 is 4.79 Å². The van der Waals surface area contributed by atoms with E-state index in [9.17, 15) is 4.79 Å². The summed E-state index contributed by atoms with van der Waals surface area (Å²) in [7, 11) is 0. The van der Waals surface area contributed by atoms with Crippen molar-refractivity contribution in [2.24, 2.45) is 5.73 Å². The van der Waals surface area contributed by atoms with E-state index >= 15 is 0 Å². The van der Waals surface area contributed by atoms with Gasteiger partial charge in [0.05, 0.1) is 16.9 Å². The van der Waals surface area contributed by atoms with Gasteiger partial charge in [0, 0.05) is 11.9 Å². The average molecular weight is 241 g/mol. The normalized spacial score (nSPS) is 10.1. The van der Waals surface area contributed by atoms with Crippen LogP contribution in [0.3, 0.4) is 0 Å². The molecule has 0 aromatic carbocycles. The molecule has 0 aliphatic rings. The number of rotatable bonds is 2. The van der Waals surface area contributed by atoms with Crippen molar-refractivity contribution in [3.8, 4) is 11.8 Å². The Hall–Kier alpha value is -2.68. The van der Waals surface area contributed by atoms with E-state index in [1.54, 1.807) is 19.2 Å². The summed E-state index contributed by atoms with van der Waals surface area (Å²) in [5, 5.41) is 13.2. The first-order valence-electron chi connectivity index (χ1n) is 5.27. The quantitative estimate of drug-likeness (QED) is 0.842. The zero-order chi connectivity index (χ0) is 13.3. The molecule has 0 bridgehead atoms. The summed E-state index contributed by atoms with van der Waals surface area (Å²) in [6, 6.07) is 5.34. The Morgan fingerprint density at radius 3 is 2.78 bits per heavy atom. The number of carbonyl (C=O) groups is 1. The van der Waals surface area contributed by atoms with Gasteiger partial charge in [0.1, 0.15) is 11.8 Å². The molecule has 90 valence electrons. The lowest BCUT2D eigenvalue weighted by molar-refractivity contribution is 0.0995. The number of aromatic nitrogens is 3. The Kier molecular flexibility index (Phi) is 2.81. The summed E-state index contributed by atoms with van der Waals surface area (Å²) in [4.78, 5) is 15.2. The SMILES string of the molecule is Cc1cc(-n2ccc(C(N)=O)n2)c(C#N)c(C)n1. The number of primary amides is 1. The molecule has 0 saturated carbocycles. The molecule has 0 spiro atoms. The Morgan fingerprint density at radius 2 is 2.22 bits per heavy atom. The lowest BCUT2D eigenvalue weighted by Gasteiger charge is -2.07. The zero-order valence-corrected chi connectivity index (χ0v) is 10.0. The molecule has 6 nitrogen and oxygen atoms in total. The largest absolute Gasteiger partial charge is 0.364 e. The third-order valence-corrected chi connectivity index (χ3v) is 2.51. The highest BCUT2D eigenvalue weighted by Gasteiger charge is 2.12. The van der Waals surface area contributed by atoms with Gasteiger partial charge < -0.3 is 5.73 Å². The summed E-state index contributed by atoms with van der Waals surface area (Å²) in [6.07, 6.45) is 1.59. The van der Waals surface area contributed by atoms with Crippen molar-refractivity contribution in [2.75, 3.05) is 0 Å². The first-order chi connectivity index (χ1) is 8.52. The van der Waals surface area contributed by atoms with Gasteiger partial charge in [-0.3, -0.25) is 9.78 Å². The summed E-state index contributed by atoms with van der Waals surface area (Å²) < 4.78 is 1.46. The van der Waals surface area contributed by atoms with Gasteiger partial charge in [0.15, 0.2) is 0 Å². The van der Waals surface area contributed by atoms with Crippen molar-refractivity contribution in [1.82, 2.24) is 14.8 Å².